The Morgan fingerprint density at radius 2 is 1.52 bits per heavy atom. The largest absolute Gasteiger partial charge is 0.435 e. The molecular weight excluding hydrogens is 288 g/mol. The number of carbonyl (C=O) groups excluding carboxylic acids is 1. The van der Waals surface area contributed by atoms with E-state index in [0.717, 1.165) is 11.1 Å². The minimum atomic E-state index is -0.600. The standard InChI is InChI=1S/C16H16O3.2C2H6/c1-11-3-8-15(12(2)9-11)13-4-6-14(7-5-13)16(18)19-10-17;2*1-2/h3-9,17H,10H2,1-2H3;2*1-2H3. The third-order valence-electron chi connectivity index (χ3n) is 3.01. The molecule has 3 nitrogen and oxygen atoms in total. The Morgan fingerprint density at radius 3 is 2.00 bits per heavy atom. The Bertz CT molecular complexity index is 586. The number of carbonyl (C=O) groups is 1. The van der Waals surface area contributed by atoms with Crippen molar-refractivity contribution < 1.29 is 14.6 Å². The summed E-state index contributed by atoms with van der Waals surface area (Å²) in [6.45, 7) is 11.5. The van der Waals surface area contributed by atoms with Gasteiger partial charge in [0.15, 0.2) is 6.79 Å². The van der Waals surface area contributed by atoms with E-state index in [1.165, 1.54) is 11.1 Å². The maximum atomic E-state index is 11.4. The van der Waals surface area contributed by atoms with Gasteiger partial charge in [-0.2, -0.15) is 0 Å². The average molecular weight is 316 g/mol. The van der Waals surface area contributed by atoms with E-state index in [4.69, 9.17) is 5.11 Å². The lowest BCUT2D eigenvalue weighted by molar-refractivity contribution is 0.00684. The summed E-state index contributed by atoms with van der Waals surface area (Å²) in [5.74, 6) is -0.519. The van der Waals surface area contributed by atoms with Gasteiger partial charge in [0, 0.05) is 0 Å². The molecule has 0 atom stereocenters. The number of hydrogen-bond acceptors (Lipinski definition) is 3. The zero-order chi connectivity index (χ0) is 17.8. The number of aryl methyl sites for hydroxylation is 2. The van der Waals surface area contributed by atoms with Crippen molar-refractivity contribution >= 4 is 5.97 Å². The van der Waals surface area contributed by atoms with E-state index < -0.39 is 12.8 Å². The molecule has 0 saturated heterocycles. The first-order chi connectivity index (χ1) is 11.1. The van der Waals surface area contributed by atoms with Crippen LogP contribution in [0, 0.1) is 13.8 Å². The summed E-state index contributed by atoms with van der Waals surface area (Å²) in [5, 5.41) is 8.55. The van der Waals surface area contributed by atoms with Gasteiger partial charge < -0.3 is 9.84 Å². The van der Waals surface area contributed by atoms with Crippen molar-refractivity contribution in [1.82, 2.24) is 0 Å². The second kappa shape index (κ2) is 11.4. The van der Waals surface area contributed by atoms with Crippen LogP contribution in [0.15, 0.2) is 42.5 Å². The van der Waals surface area contributed by atoms with Crippen LogP contribution >= 0.6 is 0 Å². The van der Waals surface area contributed by atoms with E-state index >= 15 is 0 Å². The molecule has 0 heterocycles. The summed E-state index contributed by atoms with van der Waals surface area (Å²) in [6.07, 6.45) is 0. The molecule has 2 aromatic carbocycles. The van der Waals surface area contributed by atoms with Crippen LogP contribution in [0.2, 0.25) is 0 Å². The van der Waals surface area contributed by atoms with E-state index in [1.807, 2.05) is 39.8 Å². The topological polar surface area (TPSA) is 46.5 Å². The van der Waals surface area contributed by atoms with Crippen LogP contribution < -0.4 is 0 Å². The second-order valence-electron chi connectivity index (χ2n) is 4.46. The Labute approximate surface area is 139 Å². The highest BCUT2D eigenvalue weighted by molar-refractivity contribution is 5.90. The fraction of sp³-hybridized carbons (Fsp3) is 0.350. The molecule has 0 aliphatic heterocycles. The van der Waals surface area contributed by atoms with Crippen LogP contribution in [-0.2, 0) is 4.74 Å². The van der Waals surface area contributed by atoms with Crippen molar-refractivity contribution in [3.63, 3.8) is 0 Å². The van der Waals surface area contributed by atoms with Gasteiger partial charge in [-0.1, -0.05) is 63.6 Å². The number of benzene rings is 2. The molecule has 23 heavy (non-hydrogen) atoms. The Kier molecular flexibility index (Phi) is 10.4. The van der Waals surface area contributed by atoms with Gasteiger partial charge >= 0.3 is 5.97 Å². The number of ether oxygens (including phenoxy) is 1. The Morgan fingerprint density at radius 1 is 0.957 bits per heavy atom. The second-order valence-corrected chi connectivity index (χ2v) is 4.46. The first-order valence-corrected chi connectivity index (χ1v) is 8.07. The molecule has 2 aromatic rings. The molecule has 0 radical (unpaired) electrons. The lowest BCUT2D eigenvalue weighted by Crippen LogP contribution is -2.05. The molecule has 0 amide bonds. The normalized spacial score (nSPS) is 9.00. The molecule has 0 bridgehead atoms. The molecule has 126 valence electrons. The van der Waals surface area contributed by atoms with E-state index in [0.29, 0.717) is 5.56 Å². The fourth-order valence-corrected chi connectivity index (χ4v) is 2.07. The average Bonchev–Trinajstić information content (AvgIpc) is 2.59. The number of hydrogen-bond donors (Lipinski definition) is 1. The smallest absolute Gasteiger partial charge is 0.340 e. The van der Waals surface area contributed by atoms with Gasteiger partial charge in [-0.25, -0.2) is 4.79 Å². The van der Waals surface area contributed by atoms with Gasteiger partial charge in [-0.3, -0.25) is 0 Å². The van der Waals surface area contributed by atoms with Crippen LogP contribution in [0.4, 0.5) is 0 Å². The zero-order valence-corrected chi connectivity index (χ0v) is 15.0. The molecule has 0 fully saturated rings. The first-order valence-electron chi connectivity index (χ1n) is 8.07. The quantitative estimate of drug-likeness (QED) is 0.631. The van der Waals surface area contributed by atoms with E-state index in [2.05, 4.69) is 36.8 Å². The third-order valence-corrected chi connectivity index (χ3v) is 3.01. The number of aliphatic hydroxyl groups excluding tert-OH is 1. The molecule has 0 aliphatic rings. The van der Waals surface area contributed by atoms with Crippen LogP contribution in [-0.4, -0.2) is 17.9 Å². The maximum Gasteiger partial charge on any atom is 0.340 e. The van der Waals surface area contributed by atoms with Gasteiger partial charge in [0.1, 0.15) is 0 Å². The van der Waals surface area contributed by atoms with Gasteiger partial charge in [0.25, 0.3) is 0 Å². The van der Waals surface area contributed by atoms with Crippen molar-refractivity contribution in [2.24, 2.45) is 0 Å². The van der Waals surface area contributed by atoms with Gasteiger partial charge in [0.05, 0.1) is 5.56 Å². The Hall–Kier alpha value is -2.13. The van der Waals surface area contributed by atoms with Crippen molar-refractivity contribution in [3.8, 4) is 11.1 Å². The molecular formula is C20H28O3. The van der Waals surface area contributed by atoms with Crippen molar-refractivity contribution in [2.75, 3.05) is 6.79 Å². The molecule has 1 N–H and O–H groups in total. The van der Waals surface area contributed by atoms with E-state index in [1.54, 1.807) is 12.1 Å². The summed E-state index contributed by atoms with van der Waals surface area (Å²) < 4.78 is 4.53. The minimum Gasteiger partial charge on any atom is -0.435 e. The van der Waals surface area contributed by atoms with Gasteiger partial charge in [-0.15, -0.1) is 0 Å². The van der Waals surface area contributed by atoms with Crippen molar-refractivity contribution in [1.29, 1.82) is 0 Å². The highest BCUT2D eigenvalue weighted by Crippen LogP contribution is 2.24. The number of rotatable bonds is 3. The molecule has 0 unspecified atom stereocenters. The molecule has 3 heteroatoms. The fourth-order valence-electron chi connectivity index (χ4n) is 2.07. The first kappa shape index (κ1) is 20.9. The van der Waals surface area contributed by atoms with E-state index in [-0.39, 0.29) is 0 Å². The van der Waals surface area contributed by atoms with Gasteiger partial charge in [0.2, 0.25) is 0 Å². The Balaban J connectivity index is 0.00000112. The van der Waals surface area contributed by atoms with Gasteiger partial charge in [-0.05, 0) is 42.7 Å². The SMILES string of the molecule is CC.CC.Cc1ccc(-c2ccc(C(=O)OCO)cc2)c(C)c1. The number of aliphatic hydroxyl groups is 1. The summed E-state index contributed by atoms with van der Waals surface area (Å²) in [5.41, 5.74) is 5.06. The number of esters is 1. The highest BCUT2D eigenvalue weighted by Gasteiger charge is 2.07. The van der Waals surface area contributed by atoms with E-state index in [9.17, 15) is 4.79 Å². The van der Waals surface area contributed by atoms with Crippen molar-refractivity contribution in [3.05, 3.63) is 59.2 Å². The predicted molar refractivity (Wildman–Crippen MR) is 96.5 cm³/mol. The summed E-state index contributed by atoms with van der Waals surface area (Å²) in [4.78, 5) is 11.4. The summed E-state index contributed by atoms with van der Waals surface area (Å²) in [7, 11) is 0. The predicted octanol–water partition coefficient (Wildman–Crippen LogP) is 5.13. The van der Waals surface area contributed by atoms with Crippen molar-refractivity contribution in [2.45, 2.75) is 41.5 Å². The monoisotopic (exact) mass is 316 g/mol. The summed E-state index contributed by atoms with van der Waals surface area (Å²) >= 11 is 0. The lowest BCUT2D eigenvalue weighted by Gasteiger charge is -2.08. The molecule has 0 spiro atoms. The highest BCUT2D eigenvalue weighted by atomic mass is 16.6. The third kappa shape index (κ3) is 6.25. The molecule has 0 saturated carbocycles. The van der Waals surface area contributed by atoms with Crippen LogP contribution in [0.5, 0.6) is 0 Å². The molecule has 0 aliphatic carbocycles. The lowest BCUT2D eigenvalue weighted by atomic mass is 9.98. The molecule has 2 rings (SSSR count). The minimum absolute atomic E-state index is 0.433. The van der Waals surface area contributed by atoms with Crippen LogP contribution in [0.3, 0.4) is 0 Å². The van der Waals surface area contributed by atoms with Crippen LogP contribution in [0.25, 0.3) is 11.1 Å². The maximum absolute atomic E-state index is 11.4. The summed E-state index contributed by atoms with van der Waals surface area (Å²) in [6, 6.07) is 13.4. The zero-order valence-electron chi connectivity index (χ0n) is 15.0. The molecule has 0 aromatic heterocycles. The van der Waals surface area contributed by atoms with Crippen LogP contribution in [0.1, 0.15) is 49.2 Å².